The maximum absolute atomic E-state index is 4.60. The molecule has 1 rings (SSSR count). The van der Waals surface area contributed by atoms with Crippen LogP contribution in [0.3, 0.4) is 0 Å². The van der Waals surface area contributed by atoms with Crippen LogP contribution in [0.5, 0.6) is 0 Å². The van der Waals surface area contributed by atoms with Crippen LogP contribution < -0.4 is 10.2 Å². The lowest BCUT2D eigenvalue weighted by Gasteiger charge is -2.19. The van der Waals surface area contributed by atoms with Crippen molar-refractivity contribution in [1.29, 1.82) is 0 Å². The van der Waals surface area contributed by atoms with Gasteiger partial charge >= 0.3 is 0 Å². The highest BCUT2D eigenvalue weighted by molar-refractivity contribution is 5.38. The molecule has 0 saturated heterocycles. The number of aryl methyl sites for hydroxylation is 1. The molecule has 0 aliphatic carbocycles. The number of rotatable bonds is 6. The summed E-state index contributed by atoms with van der Waals surface area (Å²) in [4.78, 5) is 11.2. The SMILES string of the molecule is CCNCCN(C)c1cc(C)nc(C(C)C)n1. The van der Waals surface area contributed by atoms with E-state index in [0.717, 1.165) is 37.0 Å². The molecule has 4 heteroatoms. The summed E-state index contributed by atoms with van der Waals surface area (Å²) in [6.07, 6.45) is 0. The topological polar surface area (TPSA) is 41.0 Å². The predicted molar refractivity (Wildman–Crippen MR) is 72.7 cm³/mol. The number of hydrogen-bond acceptors (Lipinski definition) is 4. The van der Waals surface area contributed by atoms with Crippen molar-refractivity contribution >= 4 is 5.82 Å². The zero-order valence-corrected chi connectivity index (χ0v) is 11.6. The Balaban J connectivity index is 2.75. The van der Waals surface area contributed by atoms with E-state index >= 15 is 0 Å². The van der Waals surface area contributed by atoms with Gasteiger partial charge in [0.15, 0.2) is 0 Å². The third-order valence-corrected chi connectivity index (χ3v) is 2.64. The highest BCUT2D eigenvalue weighted by Gasteiger charge is 2.08. The average molecular weight is 236 g/mol. The molecule has 1 aromatic rings. The standard InChI is InChI=1S/C13H24N4/c1-6-14-7-8-17(5)12-9-11(4)15-13(16-12)10(2)3/h9-10,14H,6-8H2,1-5H3. The summed E-state index contributed by atoms with van der Waals surface area (Å²) in [5, 5.41) is 3.32. The molecule has 0 radical (unpaired) electrons. The number of nitrogens with one attached hydrogen (secondary N) is 1. The molecular weight excluding hydrogens is 212 g/mol. The van der Waals surface area contributed by atoms with E-state index in [1.54, 1.807) is 0 Å². The van der Waals surface area contributed by atoms with Crippen molar-refractivity contribution in [3.8, 4) is 0 Å². The molecule has 1 N–H and O–H groups in total. The fourth-order valence-corrected chi connectivity index (χ4v) is 1.57. The van der Waals surface area contributed by atoms with Gasteiger partial charge in [-0.15, -0.1) is 0 Å². The first-order valence-electron chi connectivity index (χ1n) is 6.32. The van der Waals surface area contributed by atoms with Gasteiger partial charge in [0.1, 0.15) is 11.6 Å². The van der Waals surface area contributed by atoms with E-state index < -0.39 is 0 Å². The van der Waals surface area contributed by atoms with Crippen molar-refractivity contribution in [3.05, 3.63) is 17.6 Å². The normalized spacial score (nSPS) is 10.9. The minimum atomic E-state index is 0.371. The molecule has 0 atom stereocenters. The summed E-state index contributed by atoms with van der Waals surface area (Å²) < 4.78 is 0. The monoisotopic (exact) mass is 236 g/mol. The minimum absolute atomic E-state index is 0.371. The van der Waals surface area contributed by atoms with Gasteiger partial charge in [-0.3, -0.25) is 0 Å². The largest absolute Gasteiger partial charge is 0.358 e. The maximum Gasteiger partial charge on any atom is 0.133 e. The lowest BCUT2D eigenvalue weighted by molar-refractivity contribution is 0.695. The Morgan fingerprint density at radius 3 is 2.65 bits per heavy atom. The smallest absolute Gasteiger partial charge is 0.133 e. The molecule has 0 aliphatic rings. The van der Waals surface area contributed by atoms with Crippen molar-refractivity contribution in [2.24, 2.45) is 0 Å². The van der Waals surface area contributed by atoms with Gasteiger partial charge < -0.3 is 10.2 Å². The van der Waals surface area contributed by atoms with Gasteiger partial charge in [-0.1, -0.05) is 20.8 Å². The van der Waals surface area contributed by atoms with Crippen molar-refractivity contribution in [3.63, 3.8) is 0 Å². The summed E-state index contributed by atoms with van der Waals surface area (Å²) in [7, 11) is 2.07. The van der Waals surface area contributed by atoms with Gasteiger partial charge in [-0.25, -0.2) is 9.97 Å². The van der Waals surface area contributed by atoms with E-state index in [1.807, 2.05) is 13.0 Å². The van der Waals surface area contributed by atoms with Gasteiger partial charge in [0.2, 0.25) is 0 Å². The highest BCUT2D eigenvalue weighted by Crippen LogP contribution is 2.15. The Morgan fingerprint density at radius 1 is 1.35 bits per heavy atom. The molecule has 0 amide bonds. The van der Waals surface area contributed by atoms with Crippen LogP contribution in [0.2, 0.25) is 0 Å². The summed E-state index contributed by atoms with van der Waals surface area (Å²) in [5.41, 5.74) is 1.04. The number of likely N-dealkylation sites (N-methyl/N-ethyl adjacent to an activating group) is 2. The molecule has 0 aromatic carbocycles. The Bertz CT molecular complexity index is 349. The Kier molecular flexibility index (Phi) is 5.35. The first-order valence-corrected chi connectivity index (χ1v) is 6.32. The van der Waals surface area contributed by atoms with Crippen LogP contribution in [0.25, 0.3) is 0 Å². The predicted octanol–water partition coefficient (Wildman–Crippen LogP) is 1.95. The molecule has 1 aromatic heterocycles. The summed E-state index contributed by atoms with van der Waals surface area (Å²) in [5.74, 6) is 2.31. The van der Waals surface area contributed by atoms with Crippen LogP contribution in [-0.4, -0.2) is 36.6 Å². The van der Waals surface area contributed by atoms with Crippen LogP contribution >= 0.6 is 0 Å². The van der Waals surface area contributed by atoms with Gasteiger partial charge in [-0.2, -0.15) is 0 Å². The second-order valence-electron chi connectivity index (χ2n) is 4.66. The molecule has 0 saturated carbocycles. The maximum atomic E-state index is 4.60. The molecule has 4 nitrogen and oxygen atoms in total. The van der Waals surface area contributed by atoms with Crippen LogP contribution in [0.4, 0.5) is 5.82 Å². The summed E-state index contributed by atoms with van der Waals surface area (Å²) in [6, 6.07) is 2.04. The molecule has 96 valence electrons. The van der Waals surface area contributed by atoms with E-state index in [4.69, 9.17) is 0 Å². The van der Waals surface area contributed by atoms with E-state index in [-0.39, 0.29) is 0 Å². The van der Waals surface area contributed by atoms with E-state index in [2.05, 4.69) is 48.0 Å². The molecule has 17 heavy (non-hydrogen) atoms. The molecule has 0 bridgehead atoms. The molecule has 0 spiro atoms. The second kappa shape index (κ2) is 6.55. The van der Waals surface area contributed by atoms with Gasteiger partial charge in [-0.05, 0) is 13.5 Å². The first-order chi connectivity index (χ1) is 8.04. The molecule has 0 unspecified atom stereocenters. The lowest BCUT2D eigenvalue weighted by atomic mass is 10.2. The molecular formula is C13H24N4. The minimum Gasteiger partial charge on any atom is -0.358 e. The van der Waals surface area contributed by atoms with Crippen LogP contribution in [-0.2, 0) is 0 Å². The van der Waals surface area contributed by atoms with Crippen molar-refractivity contribution < 1.29 is 0 Å². The average Bonchev–Trinajstić information content (AvgIpc) is 2.28. The second-order valence-corrected chi connectivity index (χ2v) is 4.66. The van der Waals surface area contributed by atoms with Gasteiger partial charge in [0, 0.05) is 37.8 Å². The Morgan fingerprint density at radius 2 is 2.06 bits per heavy atom. The fraction of sp³-hybridized carbons (Fsp3) is 0.692. The van der Waals surface area contributed by atoms with Crippen LogP contribution in [0, 0.1) is 6.92 Å². The Hall–Kier alpha value is -1.16. The number of anilines is 1. The van der Waals surface area contributed by atoms with Crippen molar-refractivity contribution in [1.82, 2.24) is 15.3 Å². The van der Waals surface area contributed by atoms with Gasteiger partial charge in [0.05, 0.1) is 0 Å². The van der Waals surface area contributed by atoms with Crippen LogP contribution in [0.1, 0.15) is 38.2 Å². The molecule has 0 aliphatic heterocycles. The third-order valence-electron chi connectivity index (χ3n) is 2.64. The first kappa shape index (κ1) is 13.9. The van der Waals surface area contributed by atoms with Crippen molar-refractivity contribution in [2.75, 3.05) is 31.6 Å². The van der Waals surface area contributed by atoms with Crippen LogP contribution in [0.15, 0.2) is 6.07 Å². The summed E-state index contributed by atoms with van der Waals surface area (Å²) >= 11 is 0. The van der Waals surface area contributed by atoms with Gasteiger partial charge in [0.25, 0.3) is 0 Å². The third kappa shape index (κ3) is 4.30. The Labute approximate surface area is 104 Å². The molecule has 1 heterocycles. The van der Waals surface area contributed by atoms with Crippen molar-refractivity contribution in [2.45, 2.75) is 33.6 Å². The number of hydrogen-bond donors (Lipinski definition) is 1. The lowest BCUT2D eigenvalue weighted by Crippen LogP contribution is -2.29. The zero-order valence-electron chi connectivity index (χ0n) is 11.6. The number of nitrogens with zero attached hydrogens (tertiary/aromatic N) is 3. The highest BCUT2D eigenvalue weighted by atomic mass is 15.2. The van der Waals surface area contributed by atoms with E-state index in [9.17, 15) is 0 Å². The zero-order chi connectivity index (χ0) is 12.8. The molecule has 0 fully saturated rings. The summed E-state index contributed by atoms with van der Waals surface area (Å²) in [6.45, 7) is 11.3. The van der Waals surface area contributed by atoms with E-state index in [0.29, 0.717) is 5.92 Å². The van der Waals surface area contributed by atoms with E-state index in [1.165, 1.54) is 0 Å². The quantitative estimate of drug-likeness (QED) is 0.767. The number of aromatic nitrogens is 2. The fourth-order valence-electron chi connectivity index (χ4n) is 1.57.